The van der Waals surface area contributed by atoms with E-state index in [0.29, 0.717) is 22.5 Å². The quantitative estimate of drug-likeness (QED) is 0.233. The molecule has 8 rings (SSSR count). The van der Waals surface area contributed by atoms with Crippen molar-refractivity contribution in [1.82, 2.24) is 29.6 Å². The summed E-state index contributed by atoms with van der Waals surface area (Å²) in [5.41, 5.74) is 1.14. The molecule has 0 aromatic carbocycles. The maximum absolute atomic E-state index is 13.7. The number of aromatic nitrogens is 2. The lowest BCUT2D eigenvalue weighted by atomic mass is 9.86. The first-order valence-corrected chi connectivity index (χ1v) is 23.6. The van der Waals surface area contributed by atoms with Crippen molar-refractivity contribution in [2.24, 2.45) is 35.5 Å². The van der Waals surface area contributed by atoms with E-state index in [4.69, 9.17) is 0 Å². The van der Waals surface area contributed by atoms with E-state index in [1.54, 1.807) is 72.2 Å². The molecule has 0 radical (unpaired) electrons. The number of hydrogen-bond acceptors (Lipinski definition) is 8. The van der Waals surface area contributed by atoms with Crippen molar-refractivity contribution in [3.05, 3.63) is 79.6 Å². The molecule has 14 nitrogen and oxygen atoms in total. The molecular weight excluding hydrogens is 903 g/mol. The summed E-state index contributed by atoms with van der Waals surface area (Å²) in [7, 11) is 0. The number of allylic oxidation sites excluding steroid dienone is 2. The first kappa shape index (κ1) is 50.6. The zero-order chi connectivity index (χ0) is 49.2. The average Bonchev–Trinajstić information content (AvgIpc) is 3.70. The van der Waals surface area contributed by atoms with Crippen LogP contribution in [0.5, 0.6) is 0 Å². The van der Waals surface area contributed by atoms with Crippen LogP contribution in [0.15, 0.2) is 46.0 Å². The molecule has 372 valence electrons. The Morgan fingerprint density at radius 1 is 0.603 bits per heavy atom. The van der Waals surface area contributed by atoms with Gasteiger partial charge in [0.05, 0.1) is 36.0 Å². The highest BCUT2D eigenvalue weighted by atomic mass is 19.4. The number of nitrogens with zero attached hydrogens (tertiary/aromatic N) is 4. The summed E-state index contributed by atoms with van der Waals surface area (Å²) in [4.78, 5) is 82.9. The van der Waals surface area contributed by atoms with E-state index < -0.39 is 98.3 Å². The van der Waals surface area contributed by atoms with E-state index in [1.165, 1.54) is 9.13 Å². The Morgan fingerprint density at radius 3 is 1.26 bits per heavy atom. The minimum Gasteiger partial charge on any atom is -0.396 e. The molecule has 20 heteroatoms. The molecule has 2 aromatic rings. The second-order valence-electron chi connectivity index (χ2n) is 18.9. The normalized spacial score (nSPS) is 27.1. The van der Waals surface area contributed by atoms with Crippen molar-refractivity contribution in [3.8, 4) is 0 Å². The molecule has 2 saturated heterocycles. The Balaban J connectivity index is 0.000000201. The van der Waals surface area contributed by atoms with Crippen molar-refractivity contribution in [1.29, 1.82) is 0 Å². The zero-order valence-corrected chi connectivity index (χ0v) is 38.1. The van der Waals surface area contributed by atoms with Gasteiger partial charge in [0, 0.05) is 72.5 Å². The molecule has 0 unspecified atom stereocenters. The topological polar surface area (TPSA) is 183 Å². The molecule has 6 aliphatic rings. The predicted molar refractivity (Wildman–Crippen MR) is 237 cm³/mol. The molecule has 2 saturated carbocycles. The molecule has 2 aromatic heterocycles. The number of rotatable bonds is 10. The Kier molecular flexibility index (Phi) is 15.5. The van der Waals surface area contributed by atoms with Gasteiger partial charge in [-0.3, -0.25) is 28.8 Å². The lowest BCUT2D eigenvalue weighted by Gasteiger charge is -2.40. The number of amides is 4. The Labute approximate surface area is 389 Å². The van der Waals surface area contributed by atoms with E-state index >= 15 is 0 Å². The third-order valence-corrected chi connectivity index (χ3v) is 14.8. The van der Waals surface area contributed by atoms with Gasteiger partial charge in [0.25, 0.3) is 11.1 Å². The van der Waals surface area contributed by atoms with E-state index in [-0.39, 0.29) is 47.9 Å². The fraction of sp³-hybridized carbons (Fsp3) is 0.625. The number of aliphatic hydroxyl groups excluding tert-OH is 2. The molecular formula is C48H60F6N6O8. The van der Waals surface area contributed by atoms with Gasteiger partial charge in [0.15, 0.2) is 0 Å². The fourth-order valence-corrected chi connectivity index (χ4v) is 11.8. The number of alkyl halides is 6. The van der Waals surface area contributed by atoms with E-state index in [9.17, 15) is 65.3 Å². The molecule has 8 atom stereocenters. The van der Waals surface area contributed by atoms with Gasteiger partial charge in [0.1, 0.15) is 13.1 Å². The van der Waals surface area contributed by atoms with E-state index in [1.807, 2.05) is 10.6 Å². The summed E-state index contributed by atoms with van der Waals surface area (Å²) >= 11 is 0. The van der Waals surface area contributed by atoms with Crippen LogP contribution in [0, 0.1) is 35.5 Å². The minimum absolute atomic E-state index is 0.0861. The van der Waals surface area contributed by atoms with Crippen LogP contribution in [0.3, 0.4) is 0 Å². The molecule has 2 aliphatic carbocycles. The summed E-state index contributed by atoms with van der Waals surface area (Å²) < 4.78 is 80.0. The average molecular weight is 963 g/mol. The summed E-state index contributed by atoms with van der Waals surface area (Å²) in [6, 6.07) is 3.42. The van der Waals surface area contributed by atoms with Gasteiger partial charge in [-0.1, -0.05) is 62.8 Å². The molecule has 4 bridgehead atoms. The summed E-state index contributed by atoms with van der Waals surface area (Å²) in [5.74, 6) is -6.23. The molecule has 0 spiro atoms. The van der Waals surface area contributed by atoms with Crippen molar-refractivity contribution in [3.63, 3.8) is 0 Å². The van der Waals surface area contributed by atoms with E-state index in [2.05, 4.69) is 0 Å². The van der Waals surface area contributed by atoms with Crippen LogP contribution in [-0.2, 0) is 32.3 Å². The lowest BCUT2D eigenvalue weighted by molar-refractivity contribution is -0.145. The molecule has 6 heterocycles. The summed E-state index contributed by atoms with van der Waals surface area (Å²) in [5, 5.41) is 24.3. The van der Waals surface area contributed by atoms with Crippen LogP contribution in [0.25, 0.3) is 12.2 Å². The van der Waals surface area contributed by atoms with Crippen LogP contribution >= 0.6 is 0 Å². The third-order valence-electron chi connectivity index (χ3n) is 14.8. The van der Waals surface area contributed by atoms with Crippen LogP contribution in [0.4, 0.5) is 26.3 Å². The van der Waals surface area contributed by atoms with Crippen molar-refractivity contribution < 1.29 is 55.7 Å². The highest BCUT2D eigenvalue weighted by Crippen LogP contribution is 2.51. The van der Waals surface area contributed by atoms with Gasteiger partial charge in [0.2, 0.25) is 23.6 Å². The standard InChI is InChI=1S/2C24H30F3N3O4/c2*1-2-6-14-9-10-17-20-19(21(32)28-13-24(25,26)27)16(12-31)18(11-29(17)22(14)33)30(20)23(34)15-7-4-3-5-8-15/h2*2,6,9-10,15-16,18-20,31H,3-5,7-8,11-13H2,1H3,(H,28,32)/b6-2+;6-2-/t2*16-,18-,19+,20+/m00/s1. The van der Waals surface area contributed by atoms with Crippen molar-refractivity contribution in [2.75, 3.05) is 26.3 Å². The Bertz CT molecular complexity index is 2220. The first-order valence-electron chi connectivity index (χ1n) is 23.6. The van der Waals surface area contributed by atoms with Gasteiger partial charge in [-0.2, -0.15) is 26.3 Å². The van der Waals surface area contributed by atoms with Crippen molar-refractivity contribution in [2.45, 2.75) is 128 Å². The number of carbonyl (C=O) groups excluding carboxylic acids is 4. The molecule has 4 amide bonds. The Hall–Kier alpha value is -5.24. The fourth-order valence-electron chi connectivity index (χ4n) is 11.8. The minimum atomic E-state index is -4.59. The monoisotopic (exact) mass is 962 g/mol. The van der Waals surface area contributed by atoms with Crippen LogP contribution in [-0.4, -0.2) is 104 Å². The summed E-state index contributed by atoms with van der Waals surface area (Å²) in [6.45, 7) is -0.232. The first-order chi connectivity index (χ1) is 32.3. The smallest absolute Gasteiger partial charge is 0.396 e. The number of fused-ring (bicyclic) bond motifs is 8. The number of hydrogen-bond donors (Lipinski definition) is 4. The van der Waals surface area contributed by atoms with E-state index in [0.717, 1.165) is 64.2 Å². The highest BCUT2D eigenvalue weighted by molar-refractivity contribution is 5.86. The Morgan fingerprint density at radius 2 is 0.956 bits per heavy atom. The van der Waals surface area contributed by atoms with Crippen LogP contribution in [0.2, 0.25) is 0 Å². The maximum atomic E-state index is 13.7. The molecule has 4 N–H and O–H groups in total. The maximum Gasteiger partial charge on any atom is 0.405 e. The number of carbonyl (C=O) groups is 4. The van der Waals surface area contributed by atoms with Crippen LogP contribution < -0.4 is 21.8 Å². The lowest BCUT2D eigenvalue weighted by Crippen LogP contribution is -2.51. The van der Waals surface area contributed by atoms with Gasteiger partial charge < -0.3 is 39.8 Å². The highest BCUT2D eigenvalue weighted by Gasteiger charge is 2.60. The largest absolute Gasteiger partial charge is 0.405 e. The predicted octanol–water partition coefficient (Wildman–Crippen LogP) is 5.26. The van der Waals surface area contributed by atoms with Crippen molar-refractivity contribution >= 4 is 35.8 Å². The number of halogens is 6. The van der Waals surface area contributed by atoms with Gasteiger partial charge in [-0.15, -0.1) is 0 Å². The number of nitrogens with one attached hydrogen (secondary N) is 2. The second kappa shape index (κ2) is 20.8. The van der Waals surface area contributed by atoms with Crippen LogP contribution in [0.1, 0.15) is 113 Å². The summed E-state index contributed by atoms with van der Waals surface area (Å²) in [6.07, 6.45) is 6.23. The number of pyridine rings is 2. The SMILES string of the molecule is C/C=C/c1ccc2n(c1=O)C[C@H]1[C@H](CO)[C@@H](C(=O)NCC(F)(F)F)[C@@H]2N1C(=O)C1CCCCC1.C/C=C\c1ccc2n(c1=O)C[C@H]1[C@H](CO)[C@@H](C(=O)NCC(F)(F)F)[C@@H]2N1C(=O)C1CCCCC1. The van der Waals surface area contributed by atoms with Gasteiger partial charge in [-0.05, 0) is 63.8 Å². The molecule has 4 aliphatic heterocycles. The molecule has 4 fully saturated rings. The number of aliphatic hydroxyl groups is 2. The third kappa shape index (κ3) is 10.1. The molecule has 68 heavy (non-hydrogen) atoms. The zero-order valence-electron chi connectivity index (χ0n) is 38.1. The van der Waals surface area contributed by atoms with Gasteiger partial charge in [-0.25, -0.2) is 0 Å². The van der Waals surface area contributed by atoms with Gasteiger partial charge >= 0.3 is 12.4 Å². The second-order valence-corrected chi connectivity index (χ2v) is 18.9.